The summed E-state index contributed by atoms with van der Waals surface area (Å²) in [6, 6.07) is 0. The molecule has 0 aliphatic carbocycles. The average molecular weight is 235 g/mol. The molecule has 0 bridgehead atoms. The summed E-state index contributed by atoms with van der Waals surface area (Å²) in [6.45, 7) is 4.19. The van der Waals surface area contributed by atoms with E-state index in [1.54, 1.807) is 6.33 Å². The van der Waals surface area contributed by atoms with Gasteiger partial charge >= 0.3 is 0 Å². The predicted molar refractivity (Wildman–Crippen MR) is 69.9 cm³/mol. The minimum atomic E-state index is 0.719. The van der Waals surface area contributed by atoms with Crippen LogP contribution in [0.15, 0.2) is 6.33 Å². The van der Waals surface area contributed by atoms with Gasteiger partial charge in [-0.25, -0.2) is 15.8 Å². The maximum absolute atomic E-state index is 5.45. The highest BCUT2D eigenvalue weighted by Gasteiger charge is 2.14. The second-order valence-electron chi connectivity index (χ2n) is 4.57. The number of nitrogens with zero attached hydrogens (tertiary/aromatic N) is 3. The summed E-state index contributed by atoms with van der Waals surface area (Å²) >= 11 is 0. The van der Waals surface area contributed by atoms with E-state index in [-0.39, 0.29) is 0 Å². The van der Waals surface area contributed by atoms with Crippen molar-refractivity contribution in [2.24, 2.45) is 5.84 Å². The summed E-state index contributed by atoms with van der Waals surface area (Å²) in [6.07, 6.45) is 8.08. The van der Waals surface area contributed by atoms with Crippen LogP contribution in [-0.4, -0.2) is 23.1 Å². The molecule has 94 valence electrons. The van der Waals surface area contributed by atoms with Crippen molar-refractivity contribution in [3.05, 3.63) is 11.9 Å². The highest BCUT2D eigenvalue weighted by Crippen LogP contribution is 2.23. The van der Waals surface area contributed by atoms with Crippen molar-refractivity contribution in [1.29, 1.82) is 0 Å². The first-order valence-corrected chi connectivity index (χ1v) is 6.36. The third-order valence-electron chi connectivity index (χ3n) is 3.35. The Morgan fingerprint density at radius 3 is 2.41 bits per heavy atom. The largest absolute Gasteiger partial charge is 0.356 e. The van der Waals surface area contributed by atoms with Gasteiger partial charge in [0.1, 0.15) is 18.0 Å². The highest BCUT2D eigenvalue weighted by molar-refractivity contribution is 5.57. The Balaban J connectivity index is 2.19. The zero-order valence-electron chi connectivity index (χ0n) is 10.4. The second-order valence-corrected chi connectivity index (χ2v) is 4.57. The Hall–Kier alpha value is -1.36. The average Bonchev–Trinajstić information content (AvgIpc) is 2.30. The van der Waals surface area contributed by atoms with Crippen molar-refractivity contribution in [1.82, 2.24) is 9.97 Å². The van der Waals surface area contributed by atoms with Crippen LogP contribution >= 0.6 is 0 Å². The number of hydrogen-bond donors (Lipinski definition) is 2. The van der Waals surface area contributed by atoms with Gasteiger partial charge in [0.25, 0.3) is 0 Å². The van der Waals surface area contributed by atoms with Crippen LogP contribution in [0.1, 0.15) is 37.7 Å². The van der Waals surface area contributed by atoms with Gasteiger partial charge in [-0.3, -0.25) is 0 Å². The molecule has 3 N–H and O–H groups in total. The molecule has 0 saturated carbocycles. The van der Waals surface area contributed by atoms with Crippen LogP contribution in [0.2, 0.25) is 0 Å². The molecule has 2 heterocycles. The SMILES string of the molecule is Cc1c(NN)ncnc1N1CCCCCCC1. The smallest absolute Gasteiger partial charge is 0.148 e. The van der Waals surface area contributed by atoms with Gasteiger partial charge in [-0.05, 0) is 19.8 Å². The molecule has 1 aromatic heterocycles. The zero-order chi connectivity index (χ0) is 12.1. The van der Waals surface area contributed by atoms with Crippen LogP contribution in [0.5, 0.6) is 0 Å². The Morgan fingerprint density at radius 2 is 1.76 bits per heavy atom. The Kier molecular flexibility index (Phi) is 4.14. The molecule has 0 radical (unpaired) electrons. The molecule has 0 aromatic carbocycles. The maximum Gasteiger partial charge on any atom is 0.148 e. The van der Waals surface area contributed by atoms with Crippen molar-refractivity contribution >= 4 is 11.6 Å². The van der Waals surface area contributed by atoms with Crippen LogP contribution in [0.4, 0.5) is 11.6 Å². The number of aromatic nitrogens is 2. The summed E-state index contributed by atoms with van der Waals surface area (Å²) in [7, 11) is 0. The summed E-state index contributed by atoms with van der Waals surface area (Å²) in [5.41, 5.74) is 3.66. The predicted octanol–water partition coefficient (Wildman–Crippen LogP) is 1.84. The van der Waals surface area contributed by atoms with Gasteiger partial charge in [0, 0.05) is 18.7 Å². The fourth-order valence-corrected chi connectivity index (χ4v) is 2.36. The molecule has 1 fully saturated rings. The molecular formula is C12H21N5. The summed E-state index contributed by atoms with van der Waals surface area (Å²) < 4.78 is 0. The van der Waals surface area contributed by atoms with Gasteiger partial charge in [0.15, 0.2) is 0 Å². The minimum absolute atomic E-state index is 0.719. The number of anilines is 2. The van der Waals surface area contributed by atoms with Gasteiger partial charge < -0.3 is 10.3 Å². The maximum atomic E-state index is 5.45. The molecule has 17 heavy (non-hydrogen) atoms. The van der Waals surface area contributed by atoms with Gasteiger partial charge in [-0.1, -0.05) is 19.3 Å². The number of hydrogen-bond acceptors (Lipinski definition) is 5. The fraction of sp³-hybridized carbons (Fsp3) is 0.667. The van der Waals surface area contributed by atoms with Crippen molar-refractivity contribution in [3.63, 3.8) is 0 Å². The van der Waals surface area contributed by atoms with E-state index < -0.39 is 0 Å². The van der Waals surface area contributed by atoms with Crippen molar-refractivity contribution < 1.29 is 0 Å². The third-order valence-corrected chi connectivity index (χ3v) is 3.35. The number of nitrogens with one attached hydrogen (secondary N) is 1. The Morgan fingerprint density at radius 1 is 1.12 bits per heavy atom. The molecule has 2 rings (SSSR count). The Labute approximate surface area is 102 Å². The quantitative estimate of drug-likeness (QED) is 0.605. The lowest BCUT2D eigenvalue weighted by molar-refractivity contribution is 0.553. The number of rotatable bonds is 2. The van der Waals surface area contributed by atoms with Gasteiger partial charge in [-0.15, -0.1) is 0 Å². The van der Waals surface area contributed by atoms with Crippen molar-refractivity contribution in [2.75, 3.05) is 23.4 Å². The van der Waals surface area contributed by atoms with Crippen LogP contribution in [-0.2, 0) is 0 Å². The van der Waals surface area contributed by atoms with Gasteiger partial charge in [0.2, 0.25) is 0 Å². The van der Waals surface area contributed by atoms with Crippen LogP contribution < -0.4 is 16.2 Å². The molecule has 5 heteroatoms. The lowest BCUT2D eigenvalue weighted by Gasteiger charge is -2.27. The van der Waals surface area contributed by atoms with Crippen molar-refractivity contribution in [2.45, 2.75) is 39.0 Å². The molecule has 0 amide bonds. The van der Waals surface area contributed by atoms with E-state index in [0.717, 1.165) is 30.3 Å². The van der Waals surface area contributed by atoms with Crippen molar-refractivity contribution in [3.8, 4) is 0 Å². The van der Waals surface area contributed by atoms with E-state index in [9.17, 15) is 0 Å². The Bertz CT molecular complexity index is 358. The van der Waals surface area contributed by atoms with Gasteiger partial charge in [-0.2, -0.15) is 0 Å². The van der Waals surface area contributed by atoms with E-state index in [0.29, 0.717) is 0 Å². The van der Waals surface area contributed by atoms with E-state index >= 15 is 0 Å². The topological polar surface area (TPSA) is 67.1 Å². The zero-order valence-corrected chi connectivity index (χ0v) is 10.4. The summed E-state index contributed by atoms with van der Waals surface area (Å²) in [4.78, 5) is 10.9. The first-order valence-electron chi connectivity index (χ1n) is 6.36. The first-order chi connectivity index (χ1) is 8.33. The summed E-state index contributed by atoms with van der Waals surface area (Å²) in [5, 5.41) is 0. The summed E-state index contributed by atoms with van der Waals surface area (Å²) in [5.74, 6) is 7.19. The van der Waals surface area contributed by atoms with E-state index in [2.05, 4.69) is 20.3 Å². The fourth-order valence-electron chi connectivity index (χ4n) is 2.36. The lowest BCUT2D eigenvalue weighted by Crippen LogP contribution is -2.29. The van der Waals surface area contributed by atoms with E-state index in [1.807, 2.05) is 6.92 Å². The monoisotopic (exact) mass is 235 g/mol. The molecule has 1 aliphatic heterocycles. The van der Waals surface area contributed by atoms with Crippen LogP contribution in [0, 0.1) is 6.92 Å². The lowest BCUT2D eigenvalue weighted by atomic mass is 10.1. The number of nitrogen functional groups attached to an aromatic ring is 1. The molecule has 0 spiro atoms. The third kappa shape index (κ3) is 2.85. The molecule has 0 atom stereocenters. The second kappa shape index (κ2) is 5.82. The molecule has 1 saturated heterocycles. The van der Waals surface area contributed by atoms with E-state index in [1.165, 1.54) is 32.1 Å². The minimum Gasteiger partial charge on any atom is -0.356 e. The van der Waals surface area contributed by atoms with Crippen LogP contribution in [0.25, 0.3) is 0 Å². The molecular weight excluding hydrogens is 214 g/mol. The van der Waals surface area contributed by atoms with Gasteiger partial charge in [0.05, 0.1) is 0 Å². The normalized spacial score (nSPS) is 17.4. The van der Waals surface area contributed by atoms with Crippen LogP contribution in [0.3, 0.4) is 0 Å². The number of hydrazine groups is 1. The number of nitrogens with two attached hydrogens (primary N) is 1. The van der Waals surface area contributed by atoms with E-state index in [4.69, 9.17) is 5.84 Å². The first kappa shape index (κ1) is 12.1. The standard InChI is InChI=1S/C12H21N5/c1-10-11(16-13)14-9-15-12(10)17-7-5-3-2-4-6-8-17/h9H,2-8,13H2,1H3,(H,14,15,16). The molecule has 1 aromatic rings. The molecule has 1 aliphatic rings. The highest BCUT2D eigenvalue weighted by atomic mass is 15.3. The molecule has 5 nitrogen and oxygen atoms in total. The molecule has 0 unspecified atom stereocenters.